The molecule has 0 radical (unpaired) electrons. The molecule has 0 saturated heterocycles. The van der Waals surface area contributed by atoms with E-state index in [9.17, 15) is 0 Å². The zero-order valence-electron chi connectivity index (χ0n) is 14.9. The lowest BCUT2D eigenvalue weighted by Gasteiger charge is -2.13. The van der Waals surface area contributed by atoms with E-state index < -0.39 is 0 Å². The lowest BCUT2D eigenvalue weighted by molar-refractivity contribution is 0.462. The Hall–Kier alpha value is -3.48. The van der Waals surface area contributed by atoms with E-state index in [0.29, 0.717) is 28.8 Å². The number of pyridine rings is 1. The number of benzene rings is 1. The molecule has 7 heteroatoms. The molecule has 0 aliphatic rings. The van der Waals surface area contributed by atoms with Crippen LogP contribution in [0.2, 0.25) is 0 Å². The maximum Gasteiger partial charge on any atom is 0.233 e. The lowest BCUT2D eigenvalue weighted by Crippen LogP contribution is -2.05. The molecule has 7 nitrogen and oxygen atoms in total. The van der Waals surface area contributed by atoms with Crippen molar-refractivity contribution < 1.29 is 4.74 Å². The minimum atomic E-state index is 0.292. The molecule has 1 aromatic carbocycles. The van der Waals surface area contributed by atoms with Crippen LogP contribution in [0.1, 0.15) is 11.1 Å². The van der Waals surface area contributed by atoms with Gasteiger partial charge < -0.3 is 15.8 Å². The van der Waals surface area contributed by atoms with Gasteiger partial charge in [0.2, 0.25) is 5.88 Å². The monoisotopic (exact) mass is 348 g/mol. The Morgan fingerprint density at radius 3 is 2.77 bits per heavy atom. The number of rotatable bonds is 5. The number of hydrogen-bond acceptors (Lipinski definition) is 7. The molecule has 2 aromatic heterocycles. The third-order valence-electron chi connectivity index (χ3n) is 3.81. The molecule has 0 bridgehead atoms. The van der Waals surface area contributed by atoms with Crippen molar-refractivity contribution >= 4 is 17.7 Å². The van der Waals surface area contributed by atoms with Crippen LogP contribution in [-0.4, -0.2) is 35.3 Å². The molecule has 0 aliphatic heterocycles. The molecule has 0 atom stereocenters. The maximum atomic E-state index is 6.12. The van der Waals surface area contributed by atoms with Crippen molar-refractivity contribution in [1.29, 1.82) is 0 Å². The summed E-state index contributed by atoms with van der Waals surface area (Å²) in [4.78, 5) is 17.0. The molecular weight excluding hydrogens is 328 g/mol. The molecule has 0 fully saturated rings. The fraction of sp³-hybridized carbons (Fsp3) is 0.158. The van der Waals surface area contributed by atoms with Gasteiger partial charge in [0.05, 0.1) is 5.56 Å². The third-order valence-corrected chi connectivity index (χ3v) is 3.81. The van der Waals surface area contributed by atoms with E-state index in [2.05, 4.69) is 25.3 Å². The Balaban J connectivity index is 2.07. The van der Waals surface area contributed by atoms with E-state index in [1.807, 2.05) is 44.3 Å². The molecule has 0 saturated carbocycles. The van der Waals surface area contributed by atoms with Gasteiger partial charge in [-0.3, -0.25) is 9.98 Å². The molecule has 3 aromatic rings. The summed E-state index contributed by atoms with van der Waals surface area (Å²) >= 11 is 0. The minimum Gasteiger partial charge on any atom is -0.438 e. The first-order chi connectivity index (χ1) is 12.6. The molecule has 2 heterocycles. The Labute approximate surface area is 152 Å². The SMILES string of the molecule is CN=Cc1c(N)nc(-c2cccnc2)nc1Oc1ccc(C)c(NC)c1. The number of nitrogen functional groups attached to an aromatic ring is 1. The second kappa shape index (κ2) is 7.60. The average Bonchev–Trinajstić information content (AvgIpc) is 2.66. The number of anilines is 2. The van der Waals surface area contributed by atoms with E-state index in [-0.39, 0.29) is 0 Å². The second-order valence-corrected chi connectivity index (χ2v) is 5.61. The van der Waals surface area contributed by atoms with E-state index >= 15 is 0 Å². The summed E-state index contributed by atoms with van der Waals surface area (Å²) in [6, 6.07) is 9.44. The summed E-state index contributed by atoms with van der Waals surface area (Å²) in [5.41, 5.74) is 9.51. The number of nitrogens with two attached hydrogens (primary N) is 1. The number of aliphatic imine (C=N–C) groups is 1. The van der Waals surface area contributed by atoms with E-state index in [1.165, 1.54) is 0 Å². The van der Waals surface area contributed by atoms with Crippen molar-refractivity contribution in [3.8, 4) is 23.0 Å². The quantitative estimate of drug-likeness (QED) is 0.686. The van der Waals surface area contributed by atoms with Gasteiger partial charge in [0.15, 0.2) is 5.82 Å². The maximum absolute atomic E-state index is 6.12. The third kappa shape index (κ3) is 3.61. The largest absolute Gasteiger partial charge is 0.438 e. The Morgan fingerprint density at radius 1 is 1.23 bits per heavy atom. The molecule has 0 spiro atoms. The highest BCUT2D eigenvalue weighted by Crippen LogP contribution is 2.30. The van der Waals surface area contributed by atoms with Gasteiger partial charge in [0, 0.05) is 50.0 Å². The van der Waals surface area contributed by atoms with Gasteiger partial charge in [-0.15, -0.1) is 0 Å². The number of ether oxygens (including phenoxy) is 1. The fourth-order valence-electron chi connectivity index (χ4n) is 2.46. The summed E-state index contributed by atoms with van der Waals surface area (Å²) in [5, 5.41) is 3.14. The summed E-state index contributed by atoms with van der Waals surface area (Å²) in [5.74, 6) is 1.72. The summed E-state index contributed by atoms with van der Waals surface area (Å²) in [6.45, 7) is 2.02. The first-order valence-electron chi connectivity index (χ1n) is 8.08. The van der Waals surface area contributed by atoms with Crippen LogP contribution in [0.25, 0.3) is 11.4 Å². The van der Waals surface area contributed by atoms with Crippen LogP contribution >= 0.6 is 0 Å². The average molecular weight is 348 g/mol. The summed E-state index contributed by atoms with van der Waals surface area (Å²) in [7, 11) is 3.52. The molecule has 0 amide bonds. The van der Waals surface area contributed by atoms with Gasteiger partial charge in [-0.2, -0.15) is 4.98 Å². The normalized spacial score (nSPS) is 10.9. The first kappa shape index (κ1) is 17.3. The van der Waals surface area contributed by atoms with Gasteiger partial charge in [-0.1, -0.05) is 6.07 Å². The molecule has 3 rings (SSSR count). The highest BCUT2D eigenvalue weighted by molar-refractivity contribution is 5.89. The molecule has 0 unspecified atom stereocenters. The highest BCUT2D eigenvalue weighted by atomic mass is 16.5. The van der Waals surface area contributed by atoms with Crippen molar-refractivity contribution in [2.24, 2.45) is 4.99 Å². The zero-order valence-corrected chi connectivity index (χ0v) is 14.9. The van der Waals surface area contributed by atoms with Crippen molar-refractivity contribution in [2.75, 3.05) is 25.1 Å². The minimum absolute atomic E-state index is 0.292. The predicted molar refractivity (Wildman–Crippen MR) is 104 cm³/mol. The van der Waals surface area contributed by atoms with Crippen LogP contribution in [0.3, 0.4) is 0 Å². The van der Waals surface area contributed by atoms with Crippen molar-refractivity contribution in [3.63, 3.8) is 0 Å². The van der Waals surface area contributed by atoms with Gasteiger partial charge in [0.1, 0.15) is 11.6 Å². The van der Waals surface area contributed by atoms with Gasteiger partial charge in [-0.25, -0.2) is 4.98 Å². The van der Waals surface area contributed by atoms with Crippen molar-refractivity contribution in [3.05, 3.63) is 53.9 Å². The summed E-state index contributed by atoms with van der Waals surface area (Å²) < 4.78 is 6.02. The highest BCUT2D eigenvalue weighted by Gasteiger charge is 2.15. The van der Waals surface area contributed by atoms with Crippen LogP contribution in [0.4, 0.5) is 11.5 Å². The Kier molecular flexibility index (Phi) is 5.07. The number of aryl methyl sites for hydroxylation is 1. The Bertz CT molecular complexity index is 940. The van der Waals surface area contributed by atoms with E-state index in [1.54, 1.807) is 25.7 Å². The number of aromatic nitrogens is 3. The molecular formula is C19H20N6O. The second-order valence-electron chi connectivity index (χ2n) is 5.61. The van der Waals surface area contributed by atoms with Gasteiger partial charge in [0.25, 0.3) is 0 Å². The summed E-state index contributed by atoms with van der Waals surface area (Å²) in [6.07, 6.45) is 4.95. The van der Waals surface area contributed by atoms with Gasteiger partial charge in [-0.05, 0) is 30.7 Å². The smallest absolute Gasteiger partial charge is 0.233 e. The molecule has 3 N–H and O–H groups in total. The standard InChI is InChI=1S/C19H20N6O/c1-12-6-7-14(9-16(12)22-3)26-19-15(11-21-2)17(20)24-18(25-19)13-5-4-8-23-10-13/h4-11,22H,1-3H3,(H2,20,24,25). The molecule has 132 valence electrons. The van der Waals surface area contributed by atoms with Crippen LogP contribution in [0.5, 0.6) is 11.6 Å². The fourth-order valence-corrected chi connectivity index (χ4v) is 2.46. The first-order valence-corrected chi connectivity index (χ1v) is 8.08. The van der Waals surface area contributed by atoms with Crippen LogP contribution in [-0.2, 0) is 0 Å². The van der Waals surface area contributed by atoms with Crippen LogP contribution in [0.15, 0.2) is 47.7 Å². The molecule has 0 aliphatic carbocycles. The predicted octanol–water partition coefficient (Wildman–Crippen LogP) is 3.31. The van der Waals surface area contributed by atoms with Gasteiger partial charge >= 0.3 is 0 Å². The Morgan fingerprint density at radius 2 is 2.08 bits per heavy atom. The van der Waals surface area contributed by atoms with Crippen molar-refractivity contribution in [2.45, 2.75) is 6.92 Å². The van der Waals surface area contributed by atoms with Crippen LogP contribution in [0, 0.1) is 6.92 Å². The number of nitrogens with one attached hydrogen (secondary N) is 1. The van der Waals surface area contributed by atoms with Crippen molar-refractivity contribution in [1.82, 2.24) is 15.0 Å². The van der Waals surface area contributed by atoms with E-state index in [0.717, 1.165) is 16.8 Å². The zero-order chi connectivity index (χ0) is 18.5. The number of nitrogens with zero attached hydrogens (tertiary/aromatic N) is 4. The van der Waals surface area contributed by atoms with Crippen LogP contribution < -0.4 is 15.8 Å². The number of hydrogen-bond donors (Lipinski definition) is 2. The topological polar surface area (TPSA) is 98.3 Å². The lowest BCUT2D eigenvalue weighted by atomic mass is 10.2. The van der Waals surface area contributed by atoms with E-state index in [4.69, 9.17) is 10.5 Å². The molecule has 26 heavy (non-hydrogen) atoms.